The molecule has 1 heterocycles. The smallest absolute Gasteiger partial charge is 0.208 e. The molecule has 3 aromatic carbocycles. The monoisotopic (exact) mass is 411 g/mol. The van der Waals surface area contributed by atoms with Crippen molar-refractivity contribution in [2.75, 3.05) is 7.11 Å². The van der Waals surface area contributed by atoms with Gasteiger partial charge in [0.2, 0.25) is 9.84 Å². The summed E-state index contributed by atoms with van der Waals surface area (Å²) in [6.07, 6.45) is 1.22. The third kappa shape index (κ3) is 3.45. The van der Waals surface area contributed by atoms with Crippen molar-refractivity contribution in [3.63, 3.8) is 0 Å². The molecule has 7 heteroatoms. The van der Waals surface area contributed by atoms with E-state index in [4.69, 9.17) is 4.74 Å². The number of sulfone groups is 1. The van der Waals surface area contributed by atoms with Crippen LogP contribution in [0.1, 0.15) is 0 Å². The molecular weight excluding hydrogens is 396 g/mol. The Labute approximate surface area is 166 Å². The zero-order chi connectivity index (χ0) is 20.6. The van der Waals surface area contributed by atoms with Crippen LogP contribution in [0.4, 0.5) is 8.78 Å². The molecule has 0 fully saturated rings. The summed E-state index contributed by atoms with van der Waals surface area (Å²) in [7, 11) is -2.64. The Bertz CT molecular complexity index is 1340. The highest BCUT2D eigenvalue weighted by molar-refractivity contribution is 7.91. The van der Waals surface area contributed by atoms with Crippen LogP contribution in [0.5, 0.6) is 5.75 Å². The lowest BCUT2D eigenvalue weighted by molar-refractivity contribution is 0.415. The standard InChI is InChI=1S/C22H15F2NO3S/c1-28-17-6-2-4-14(10-17)22-19-12-16(24)8-9-20(19)25-13-21(22)29(26,27)18-7-3-5-15(23)11-18/h2-13H,1H3. The summed E-state index contributed by atoms with van der Waals surface area (Å²) in [5, 5.41) is 0.329. The van der Waals surface area contributed by atoms with Crippen molar-refractivity contribution in [3.8, 4) is 16.9 Å². The summed E-state index contributed by atoms with van der Waals surface area (Å²) in [6, 6.07) is 15.5. The molecule has 1 aromatic heterocycles. The molecule has 4 rings (SSSR count). The molecule has 0 saturated heterocycles. The Morgan fingerprint density at radius 1 is 0.897 bits per heavy atom. The van der Waals surface area contributed by atoms with Crippen molar-refractivity contribution in [3.05, 3.63) is 84.6 Å². The van der Waals surface area contributed by atoms with Gasteiger partial charge < -0.3 is 4.74 Å². The van der Waals surface area contributed by atoms with Crippen molar-refractivity contribution < 1.29 is 21.9 Å². The Kier molecular flexibility index (Phi) is 4.76. The molecule has 0 saturated carbocycles. The quantitative estimate of drug-likeness (QED) is 0.473. The van der Waals surface area contributed by atoms with Gasteiger partial charge in [-0.3, -0.25) is 4.98 Å². The molecule has 4 nitrogen and oxygen atoms in total. The van der Waals surface area contributed by atoms with Crippen molar-refractivity contribution in [1.29, 1.82) is 0 Å². The molecule has 29 heavy (non-hydrogen) atoms. The molecule has 0 unspecified atom stereocenters. The van der Waals surface area contributed by atoms with E-state index in [1.807, 2.05) is 0 Å². The topological polar surface area (TPSA) is 56.3 Å². The van der Waals surface area contributed by atoms with Gasteiger partial charge in [-0.1, -0.05) is 18.2 Å². The van der Waals surface area contributed by atoms with Gasteiger partial charge in [0.05, 0.1) is 22.4 Å². The number of aromatic nitrogens is 1. The van der Waals surface area contributed by atoms with E-state index in [9.17, 15) is 17.2 Å². The summed E-state index contributed by atoms with van der Waals surface area (Å²) in [5.74, 6) is -0.685. The van der Waals surface area contributed by atoms with Gasteiger partial charge in [-0.25, -0.2) is 17.2 Å². The summed E-state index contributed by atoms with van der Waals surface area (Å²) in [4.78, 5) is 3.84. The summed E-state index contributed by atoms with van der Waals surface area (Å²) in [5.41, 5.74) is 1.22. The minimum atomic E-state index is -4.13. The molecule has 0 aliphatic carbocycles. The largest absolute Gasteiger partial charge is 0.497 e. The molecule has 146 valence electrons. The predicted molar refractivity (Wildman–Crippen MR) is 106 cm³/mol. The molecule has 0 aliphatic heterocycles. The van der Waals surface area contributed by atoms with E-state index in [0.717, 1.165) is 12.1 Å². The third-order valence-electron chi connectivity index (χ3n) is 4.55. The molecule has 0 amide bonds. The first kappa shape index (κ1) is 19.0. The minimum Gasteiger partial charge on any atom is -0.497 e. The van der Waals surface area contributed by atoms with Gasteiger partial charge in [-0.2, -0.15) is 0 Å². The first-order chi connectivity index (χ1) is 13.9. The van der Waals surface area contributed by atoms with Gasteiger partial charge >= 0.3 is 0 Å². The van der Waals surface area contributed by atoms with Crippen LogP contribution in [0.25, 0.3) is 22.0 Å². The lowest BCUT2D eigenvalue weighted by atomic mass is 10.0. The Balaban J connectivity index is 2.09. The number of benzene rings is 3. The molecule has 0 radical (unpaired) electrons. The van der Waals surface area contributed by atoms with E-state index < -0.39 is 21.5 Å². The van der Waals surface area contributed by atoms with Crippen LogP contribution in [0.15, 0.2) is 82.7 Å². The number of ether oxygens (including phenoxy) is 1. The Hall–Kier alpha value is -3.32. The fourth-order valence-electron chi connectivity index (χ4n) is 3.19. The van der Waals surface area contributed by atoms with E-state index in [-0.39, 0.29) is 15.4 Å². The maximum Gasteiger partial charge on any atom is 0.208 e. The second-order valence-corrected chi connectivity index (χ2v) is 8.27. The highest BCUT2D eigenvalue weighted by Crippen LogP contribution is 2.37. The van der Waals surface area contributed by atoms with Crippen LogP contribution in [-0.2, 0) is 9.84 Å². The van der Waals surface area contributed by atoms with E-state index in [1.165, 1.54) is 43.6 Å². The maximum absolute atomic E-state index is 14.0. The van der Waals surface area contributed by atoms with Gasteiger partial charge in [0.25, 0.3) is 0 Å². The van der Waals surface area contributed by atoms with Gasteiger partial charge in [0.15, 0.2) is 0 Å². The number of pyridine rings is 1. The molecule has 4 aromatic rings. The fourth-order valence-corrected chi connectivity index (χ4v) is 4.66. The average Bonchev–Trinajstić information content (AvgIpc) is 2.72. The second-order valence-electron chi connectivity index (χ2n) is 6.35. The number of fused-ring (bicyclic) bond motifs is 1. The van der Waals surface area contributed by atoms with Crippen LogP contribution in [0, 0.1) is 11.6 Å². The average molecular weight is 411 g/mol. The SMILES string of the molecule is COc1cccc(-c2c(S(=O)(=O)c3cccc(F)c3)cnc3ccc(F)cc23)c1. The van der Waals surface area contributed by atoms with Crippen LogP contribution in [0.2, 0.25) is 0 Å². The second kappa shape index (κ2) is 7.25. The molecule has 0 aliphatic rings. The van der Waals surface area contributed by atoms with Crippen molar-refractivity contribution >= 4 is 20.7 Å². The van der Waals surface area contributed by atoms with E-state index in [0.29, 0.717) is 22.2 Å². The van der Waals surface area contributed by atoms with Crippen molar-refractivity contribution in [2.24, 2.45) is 0 Å². The number of halogens is 2. The van der Waals surface area contributed by atoms with E-state index >= 15 is 0 Å². The van der Waals surface area contributed by atoms with Crippen molar-refractivity contribution in [1.82, 2.24) is 4.98 Å². The zero-order valence-electron chi connectivity index (χ0n) is 15.3. The normalized spacial score (nSPS) is 11.6. The molecule has 0 atom stereocenters. The first-order valence-corrected chi connectivity index (χ1v) is 10.1. The number of methoxy groups -OCH3 is 1. The van der Waals surface area contributed by atoms with Crippen LogP contribution in [0.3, 0.4) is 0 Å². The number of hydrogen-bond donors (Lipinski definition) is 0. The molecular formula is C22H15F2NO3S. The van der Waals surface area contributed by atoms with Gasteiger partial charge in [0.1, 0.15) is 17.4 Å². The fraction of sp³-hybridized carbons (Fsp3) is 0.0455. The van der Waals surface area contributed by atoms with Gasteiger partial charge in [0, 0.05) is 17.1 Å². The molecule has 0 spiro atoms. The summed E-state index contributed by atoms with van der Waals surface area (Å²) < 4.78 is 59.6. The van der Waals surface area contributed by atoms with Gasteiger partial charge in [-0.05, 0) is 54.1 Å². The number of hydrogen-bond acceptors (Lipinski definition) is 4. The lowest BCUT2D eigenvalue weighted by Crippen LogP contribution is -2.06. The summed E-state index contributed by atoms with van der Waals surface area (Å²) in [6.45, 7) is 0. The number of nitrogens with zero attached hydrogens (tertiary/aromatic N) is 1. The maximum atomic E-state index is 14.0. The van der Waals surface area contributed by atoms with E-state index in [1.54, 1.807) is 24.3 Å². The van der Waals surface area contributed by atoms with Crippen LogP contribution >= 0.6 is 0 Å². The van der Waals surface area contributed by atoms with Crippen LogP contribution in [-0.4, -0.2) is 20.5 Å². The highest BCUT2D eigenvalue weighted by Gasteiger charge is 2.25. The lowest BCUT2D eigenvalue weighted by Gasteiger charge is -2.14. The van der Waals surface area contributed by atoms with Crippen molar-refractivity contribution in [2.45, 2.75) is 9.79 Å². The highest BCUT2D eigenvalue weighted by atomic mass is 32.2. The van der Waals surface area contributed by atoms with Crippen LogP contribution < -0.4 is 4.74 Å². The number of rotatable bonds is 4. The van der Waals surface area contributed by atoms with Gasteiger partial charge in [-0.15, -0.1) is 0 Å². The Morgan fingerprint density at radius 3 is 2.41 bits per heavy atom. The zero-order valence-corrected chi connectivity index (χ0v) is 16.1. The third-order valence-corrected chi connectivity index (χ3v) is 6.31. The first-order valence-electron chi connectivity index (χ1n) is 8.63. The minimum absolute atomic E-state index is 0.144. The molecule has 0 N–H and O–H groups in total. The summed E-state index contributed by atoms with van der Waals surface area (Å²) >= 11 is 0. The Morgan fingerprint density at radius 2 is 1.66 bits per heavy atom. The predicted octanol–water partition coefficient (Wildman–Crippen LogP) is 5.02. The van der Waals surface area contributed by atoms with E-state index in [2.05, 4.69) is 4.98 Å². The molecule has 0 bridgehead atoms.